The first kappa shape index (κ1) is 13.5. The summed E-state index contributed by atoms with van der Waals surface area (Å²) in [6, 6.07) is 5.48. The molecule has 0 aromatic heterocycles. The van der Waals surface area contributed by atoms with Crippen LogP contribution in [-0.4, -0.2) is 35.0 Å². The number of carboxylic acid groups (broad SMARTS) is 1. The molecule has 2 rings (SSSR count). The summed E-state index contributed by atoms with van der Waals surface area (Å²) in [6.07, 6.45) is 1.58. The predicted molar refractivity (Wildman–Crippen MR) is 67.3 cm³/mol. The van der Waals surface area contributed by atoms with E-state index in [0.717, 1.165) is 0 Å². The number of benzene rings is 1. The minimum Gasteiger partial charge on any atom is -0.481 e. The Labute approximate surface area is 110 Å². The fourth-order valence-electron chi connectivity index (χ4n) is 2.36. The molecule has 0 radical (unpaired) electrons. The highest BCUT2D eigenvalue weighted by Crippen LogP contribution is 2.21. The Hall–Kier alpha value is -1.91. The van der Waals surface area contributed by atoms with Crippen molar-refractivity contribution in [1.82, 2.24) is 4.90 Å². The molecule has 1 aromatic rings. The minimum absolute atomic E-state index is 0.117. The third-order valence-electron chi connectivity index (χ3n) is 3.46. The first-order valence-electron chi connectivity index (χ1n) is 6.33. The van der Waals surface area contributed by atoms with Crippen molar-refractivity contribution in [2.75, 3.05) is 13.1 Å². The van der Waals surface area contributed by atoms with Gasteiger partial charge in [-0.05, 0) is 43.0 Å². The topological polar surface area (TPSA) is 57.6 Å². The summed E-state index contributed by atoms with van der Waals surface area (Å²) in [5, 5.41) is 8.73. The second kappa shape index (κ2) is 5.82. The lowest BCUT2D eigenvalue weighted by atomic mass is 9.93. The number of piperidine rings is 1. The maximum absolute atomic E-state index is 12.8. The summed E-state index contributed by atoms with van der Waals surface area (Å²) in [7, 11) is 0. The summed E-state index contributed by atoms with van der Waals surface area (Å²) < 4.78 is 12.8. The fraction of sp³-hybridized carbons (Fsp3) is 0.429. The van der Waals surface area contributed by atoms with E-state index in [1.54, 1.807) is 4.90 Å². The molecule has 19 heavy (non-hydrogen) atoms. The largest absolute Gasteiger partial charge is 0.481 e. The van der Waals surface area contributed by atoms with Crippen molar-refractivity contribution in [2.24, 2.45) is 5.92 Å². The average molecular weight is 265 g/mol. The van der Waals surface area contributed by atoms with Crippen LogP contribution in [0.15, 0.2) is 24.3 Å². The third-order valence-corrected chi connectivity index (χ3v) is 3.46. The van der Waals surface area contributed by atoms with E-state index in [9.17, 15) is 14.0 Å². The molecular weight excluding hydrogens is 249 g/mol. The van der Waals surface area contributed by atoms with E-state index in [2.05, 4.69) is 0 Å². The monoisotopic (exact) mass is 265 g/mol. The number of amides is 1. The van der Waals surface area contributed by atoms with Crippen molar-refractivity contribution in [1.29, 1.82) is 0 Å². The van der Waals surface area contributed by atoms with Gasteiger partial charge in [0.2, 0.25) is 0 Å². The second-order valence-corrected chi connectivity index (χ2v) is 4.84. The third kappa shape index (κ3) is 3.53. The minimum atomic E-state index is -0.789. The van der Waals surface area contributed by atoms with Gasteiger partial charge in [0, 0.05) is 25.1 Å². The molecule has 5 heteroatoms. The van der Waals surface area contributed by atoms with E-state index in [1.165, 1.54) is 24.3 Å². The number of hydrogen-bond acceptors (Lipinski definition) is 2. The molecular formula is C14H16FNO3. The van der Waals surface area contributed by atoms with Gasteiger partial charge in [0.05, 0.1) is 0 Å². The smallest absolute Gasteiger partial charge is 0.303 e. The van der Waals surface area contributed by atoms with Crippen LogP contribution >= 0.6 is 0 Å². The molecule has 1 fully saturated rings. The van der Waals surface area contributed by atoms with Gasteiger partial charge in [0.25, 0.3) is 5.91 Å². The van der Waals surface area contributed by atoms with Gasteiger partial charge in [-0.3, -0.25) is 9.59 Å². The molecule has 0 unspecified atom stereocenters. The molecule has 102 valence electrons. The van der Waals surface area contributed by atoms with E-state index >= 15 is 0 Å². The van der Waals surface area contributed by atoms with Crippen molar-refractivity contribution < 1.29 is 19.1 Å². The van der Waals surface area contributed by atoms with E-state index in [1.807, 2.05) is 0 Å². The molecule has 1 aromatic carbocycles. The lowest BCUT2D eigenvalue weighted by Gasteiger charge is -2.31. The van der Waals surface area contributed by atoms with Crippen molar-refractivity contribution in [2.45, 2.75) is 19.3 Å². The van der Waals surface area contributed by atoms with E-state index in [-0.39, 0.29) is 24.1 Å². The molecule has 1 aliphatic heterocycles. The Morgan fingerprint density at radius 2 is 1.79 bits per heavy atom. The normalized spacial score (nSPS) is 16.4. The Morgan fingerprint density at radius 1 is 1.21 bits per heavy atom. The number of carbonyl (C=O) groups excluding carboxylic acids is 1. The number of carbonyl (C=O) groups is 2. The highest BCUT2D eigenvalue weighted by atomic mass is 19.1. The van der Waals surface area contributed by atoms with Crippen LogP contribution in [0.4, 0.5) is 4.39 Å². The van der Waals surface area contributed by atoms with Gasteiger partial charge in [-0.15, -0.1) is 0 Å². The zero-order valence-corrected chi connectivity index (χ0v) is 10.5. The number of hydrogen-bond donors (Lipinski definition) is 1. The number of carboxylic acids is 1. The van der Waals surface area contributed by atoms with Crippen LogP contribution < -0.4 is 0 Å². The molecule has 1 saturated heterocycles. The summed E-state index contributed by atoms with van der Waals surface area (Å²) in [6.45, 7) is 1.13. The molecule has 1 amide bonds. The maximum Gasteiger partial charge on any atom is 0.303 e. The van der Waals surface area contributed by atoms with Crippen LogP contribution in [0.3, 0.4) is 0 Å². The molecule has 1 N–H and O–H groups in total. The van der Waals surface area contributed by atoms with Crippen molar-refractivity contribution >= 4 is 11.9 Å². The van der Waals surface area contributed by atoms with Crippen LogP contribution in [0.2, 0.25) is 0 Å². The van der Waals surface area contributed by atoms with Gasteiger partial charge < -0.3 is 10.0 Å². The van der Waals surface area contributed by atoms with Crippen LogP contribution in [0.1, 0.15) is 29.6 Å². The molecule has 0 aliphatic carbocycles. The van der Waals surface area contributed by atoms with Crippen LogP contribution in [0.25, 0.3) is 0 Å². The zero-order chi connectivity index (χ0) is 13.8. The average Bonchev–Trinajstić information content (AvgIpc) is 2.39. The standard InChI is InChI=1S/C14H16FNO3/c15-12-3-1-11(2-4-12)14(19)16-7-5-10(6-8-16)9-13(17)18/h1-4,10H,5-9H2,(H,17,18). The Balaban J connectivity index is 1.92. The number of likely N-dealkylation sites (tertiary alicyclic amines) is 1. The van der Waals surface area contributed by atoms with Gasteiger partial charge in [-0.1, -0.05) is 0 Å². The van der Waals surface area contributed by atoms with Gasteiger partial charge in [0.1, 0.15) is 5.82 Å². The second-order valence-electron chi connectivity index (χ2n) is 4.84. The van der Waals surface area contributed by atoms with Crippen LogP contribution in [-0.2, 0) is 4.79 Å². The van der Waals surface area contributed by atoms with Gasteiger partial charge in [-0.25, -0.2) is 4.39 Å². The molecule has 1 aliphatic rings. The zero-order valence-electron chi connectivity index (χ0n) is 10.5. The molecule has 0 saturated carbocycles. The van der Waals surface area contributed by atoms with Crippen LogP contribution in [0, 0.1) is 11.7 Å². The number of aliphatic carboxylic acids is 1. The number of halogens is 1. The van der Waals surface area contributed by atoms with Gasteiger partial charge in [0.15, 0.2) is 0 Å². The van der Waals surface area contributed by atoms with Crippen LogP contribution in [0.5, 0.6) is 0 Å². The number of rotatable bonds is 3. The van der Waals surface area contributed by atoms with E-state index in [4.69, 9.17) is 5.11 Å². The summed E-state index contributed by atoms with van der Waals surface area (Å²) in [5.74, 6) is -1.12. The van der Waals surface area contributed by atoms with E-state index in [0.29, 0.717) is 31.5 Å². The van der Waals surface area contributed by atoms with Crippen molar-refractivity contribution in [3.63, 3.8) is 0 Å². The van der Waals surface area contributed by atoms with Crippen molar-refractivity contribution in [3.8, 4) is 0 Å². The Kier molecular flexibility index (Phi) is 4.14. The highest BCUT2D eigenvalue weighted by Gasteiger charge is 2.24. The summed E-state index contributed by atoms with van der Waals surface area (Å²) in [5.41, 5.74) is 0.470. The quantitative estimate of drug-likeness (QED) is 0.911. The predicted octanol–water partition coefficient (Wildman–Crippen LogP) is 2.15. The first-order valence-corrected chi connectivity index (χ1v) is 6.33. The van der Waals surface area contributed by atoms with E-state index < -0.39 is 5.97 Å². The lowest BCUT2D eigenvalue weighted by Crippen LogP contribution is -2.38. The Bertz CT molecular complexity index is 464. The highest BCUT2D eigenvalue weighted by molar-refractivity contribution is 5.94. The Morgan fingerprint density at radius 3 is 2.32 bits per heavy atom. The molecule has 1 heterocycles. The summed E-state index contributed by atoms with van der Waals surface area (Å²) in [4.78, 5) is 24.4. The molecule has 4 nitrogen and oxygen atoms in total. The molecule has 0 spiro atoms. The SMILES string of the molecule is O=C(O)CC1CCN(C(=O)c2ccc(F)cc2)CC1. The molecule has 0 bridgehead atoms. The molecule has 0 atom stereocenters. The lowest BCUT2D eigenvalue weighted by molar-refractivity contribution is -0.138. The van der Waals surface area contributed by atoms with Gasteiger partial charge >= 0.3 is 5.97 Å². The van der Waals surface area contributed by atoms with Crippen molar-refractivity contribution in [3.05, 3.63) is 35.6 Å². The first-order chi connectivity index (χ1) is 9.06. The van der Waals surface area contributed by atoms with Gasteiger partial charge in [-0.2, -0.15) is 0 Å². The summed E-state index contributed by atoms with van der Waals surface area (Å²) >= 11 is 0. The fourth-order valence-corrected chi connectivity index (χ4v) is 2.36. The maximum atomic E-state index is 12.8. The number of nitrogens with zero attached hydrogens (tertiary/aromatic N) is 1.